The number of carboxylic acids is 1. The van der Waals surface area contributed by atoms with Crippen LogP contribution in [0.25, 0.3) is 0 Å². The van der Waals surface area contributed by atoms with Gasteiger partial charge in [0.1, 0.15) is 18.1 Å². The van der Waals surface area contributed by atoms with E-state index >= 15 is 0 Å². The number of rotatable bonds is 13. The zero-order chi connectivity index (χ0) is 24.3. The molecule has 4 amide bonds. The molecule has 13 heteroatoms. The van der Waals surface area contributed by atoms with Crippen molar-refractivity contribution in [1.29, 1.82) is 0 Å². The molecular formula is C19H27N5O7S. The second-order valence-electron chi connectivity index (χ2n) is 6.85. The fourth-order valence-electron chi connectivity index (χ4n) is 2.56. The number of amides is 4. The molecule has 0 bridgehead atoms. The standard InChI is InChI=1S/C19H27N5O7S/c20-11(9-32)16(27)24-14(8-25)18(29)22-12(7-15(21)26)17(28)23-13(19(30)31)6-10-4-2-1-3-5-10/h1-5,11-14,25,32H,6-9,20H2,(H2,21,26)(H,22,29)(H,23,28)(H,24,27)(H,30,31). The van der Waals surface area contributed by atoms with E-state index in [1.165, 1.54) is 0 Å². The van der Waals surface area contributed by atoms with Gasteiger partial charge in [0.25, 0.3) is 0 Å². The Labute approximate surface area is 189 Å². The predicted molar refractivity (Wildman–Crippen MR) is 116 cm³/mol. The number of aliphatic hydroxyl groups is 1. The second kappa shape index (κ2) is 13.3. The number of carbonyl (C=O) groups excluding carboxylic acids is 4. The lowest BCUT2D eigenvalue weighted by Crippen LogP contribution is -2.59. The number of primary amides is 1. The van der Waals surface area contributed by atoms with E-state index in [2.05, 4.69) is 28.6 Å². The van der Waals surface area contributed by atoms with Crippen LogP contribution in [0.2, 0.25) is 0 Å². The van der Waals surface area contributed by atoms with Crippen molar-refractivity contribution in [3.8, 4) is 0 Å². The van der Waals surface area contributed by atoms with Gasteiger partial charge >= 0.3 is 5.97 Å². The van der Waals surface area contributed by atoms with Crippen molar-refractivity contribution in [3.05, 3.63) is 35.9 Å². The average Bonchev–Trinajstić information content (AvgIpc) is 2.75. The van der Waals surface area contributed by atoms with Gasteiger partial charge in [-0.3, -0.25) is 19.2 Å². The molecule has 0 saturated carbocycles. The van der Waals surface area contributed by atoms with Crippen molar-refractivity contribution in [3.63, 3.8) is 0 Å². The second-order valence-corrected chi connectivity index (χ2v) is 7.22. The topological polar surface area (TPSA) is 214 Å². The van der Waals surface area contributed by atoms with Crippen LogP contribution in [0.5, 0.6) is 0 Å². The van der Waals surface area contributed by atoms with Crippen molar-refractivity contribution >= 4 is 42.2 Å². The highest BCUT2D eigenvalue weighted by atomic mass is 32.1. The molecule has 9 N–H and O–H groups in total. The first-order chi connectivity index (χ1) is 15.1. The van der Waals surface area contributed by atoms with Gasteiger partial charge in [0, 0.05) is 12.2 Å². The summed E-state index contributed by atoms with van der Waals surface area (Å²) in [6.45, 7) is -0.826. The Morgan fingerprint density at radius 3 is 1.94 bits per heavy atom. The van der Waals surface area contributed by atoms with Crippen molar-refractivity contribution in [2.45, 2.75) is 37.0 Å². The first-order valence-electron chi connectivity index (χ1n) is 9.52. The van der Waals surface area contributed by atoms with Crippen LogP contribution in [-0.4, -0.2) is 76.3 Å². The normalized spacial score (nSPS) is 14.3. The molecule has 0 heterocycles. The summed E-state index contributed by atoms with van der Waals surface area (Å²) in [5, 5.41) is 25.5. The van der Waals surface area contributed by atoms with Gasteiger partial charge in [0.15, 0.2) is 0 Å². The quantitative estimate of drug-likeness (QED) is 0.138. The highest BCUT2D eigenvalue weighted by Gasteiger charge is 2.31. The van der Waals surface area contributed by atoms with E-state index in [0.29, 0.717) is 5.56 Å². The van der Waals surface area contributed by atoms with Crippen LogP contribution in [0.4, 0.5) is 0 Å². The summed E-state index contributed by atoms with van der Waals surface area (Å²) in [7, 11) is 0. The summed E-state index contributed by atoms with van der Waals surface area (Å²) in [5.74, 6) is -5.02. The molecule has 32 heavy (non-hydrogen) atoms. The lowest BCUT2D eigenvalue weighted by molar-refractivity contribution is -0.142. The van der Waals surface area contributed by atoms with Crippen molar-refractivity contribution < 1.29 is 34.2 Å². The number of hydrogen-bond acceptors (Lipinski definition) is 8. The molecule has 1 rings (SSSR count). The minimum absolute atomic E-state index is 0.0176. The molecule has 0 spiro atoms. The maximum absolute atomic E-state index is 12.6. The maximum Gasteiger partial charge on any atom is 0.326 e. The summed E-state index contributed by atoms with van der Waals surface area (Å²) in [4.78, 5) is 59.9. The number of aliphatic hydroxyl groups excluding tert-OH is 1. The van der Waals surface area contributed by atoms with Crippen molar-refractivity contribution in [2.24, 2.45) is 11.5 Å². The molecule has 0 radical (unpaired) electrons. The molecule has 1 aromatic rings. The van der Waals surface area contributed by atoms with Crippen LogP contribution in [0, 0.1) is 0 Å². The zero-order valence-corrected chi connectivity index (χ0v) is 18.0. The molecule has 0 aliphatic carbocycles. The lowest BCUT2D eigenvalue weighted by atomic mass is 10.0. The number of carboxylic acid groups (broad SMARTS) is 1. The summed E-state index contributed by atoms with van der Waals surface area (Å²) in [6.07, 6.45) is -0.687. The monoisotopic (exact) mass is 469 g/mol. The Morgan fingerprint density at radius 1 is 0.906 bits per heavy atom. The molecule has 4 atom stereocenters. The van der Waals surface area contributed by atoms with Crippen LogP contribution in [-0.2, 0) is 30.4 Å². The van der Waals surface area contributed by atoms with E-state index < -0.39 is 66.8 Å². The number of nitrogens with one attached hydrogen (secondary N) is 3. The fourth-order valence-corrected chi connectivity index (χ4v) is 2.73. The highest BCUT2D eigenvalue weighted by molar-refractivity contribution is 7.80. The largest absolute Gasteiger partial charge is 0.480 e. The maximum atomic E-state index is 12.6. The van der Waals surface area contributed by atoms with Crippen LogP contribution in [0.1, 0.15) is 12.0 Å². The van der Waals surface area contributed by atoms with E-state index in [1.54, 1.807) is 30.3 Å². The van der Waals surface area contributed by atoms with Crippen LogP contribution < -0.4 is 27.4 Å². The molecule has 176 valence electrons. The fraction of sp³-hybridized carbons (Fsp3) is 0.421. The number of thiol groups is 1. The van der Waals surface area contributed by atoms with Crippen LogP contribution in [0.3, 0.4) is 0 Å². The van der Waals surface area contributed by atoms with Crippen LogP contribution >= 0.6 is 12.6 Å². The molecule has 0 aromatic heterocycles. The summed E-state index contributed by atoms with van der Waals surface area (Å²) in [6, 6.07) is 3.10. The Kier molecular flexibility index (Phi) is 11.2. The zero-order valence-electron chi connectivity index (χ0n) is 17.1. The van der Waals surface area contributed by atoms with Gasteiger partial charge in [-0.1, -0.05) is 30.3 Å². The molecular weight excluding hydrogens is 442 g/mol. The van der Waals surface area contributed by atoms with Crippen LogP contribution in [0.15, 0.2) is 30.3 Å². The molecule has 4 unspecified atom stereocenters. The summed E-state index contributed by atoms with van der Waals surface area (Å²) >= 11 is 3.86. The minimum atomic E-state index is -1.54. The van der Waals surface area contributed by atoms with Gasteiger partial charge in [0.2, 0.25) is 23.6 Å². The third-order valence-electron chi connectivity index (χ3n) is 4.28. The lowest BCUT2D eigenvalue weighted by Gasteiger charge is -2.23. The molecule has 12 nitrogen and oxygen atoms in total. The third-order valence-corrected chi connectivity index (χ3v) is 4.68. The number of carbonyl (C=O) groups is 5. The predicted octanol–water partition coefficient (Wildman–Crippen LogP) is -3.11. The van der Waals surface area contributed by atoms with E-state index in [1.807, 2.05) is 0 Å². The Hall–Kier alpha value is -3.16. The number of nitrogens with two attached hydrogens (primary N) is 2. The van der Waals surface area contributed by atoms with E-state index in [-0.39, 0.29) is 12.2 Å². The van der Waals surface area contributed by atoms with Crippen molar-refractivity contribution in [2.75, 3.05) is 12.4 Å². The molecule has 0 fully saturated rings. The number of aliphatic carboxylic acids is 1. The average molecular weight is 470 g/mol. The van der Waals surface area contributed by atoms with Gasteiger partial charge in [-0.25, -0.2) is 4.79 Å². The molecule has 0 saturated heterocycles. The summed E-state index contributed by atoms with van der Waals surface area (Å²) in [5.41, 5.74) is 11.3. The SMILES string of the molecule is NC(=O)CC(NC(=O)C(CO)NC(=O)C(N)CS)C(=O)NC(Cc1ccccc1)C(=O)O. The van der Waals surface area contributed by atoms with Gasteiger partial charge in [-0.2, -0.15) is 12.6 Å². The smallest absolute Gasteiger partial charge is 0.326 e. The van der Waals surface area contributed by atoms with Gasteiger partial charge < -0.3 is 37.6 Å². The Morgan fingerprint density at radius 2 is 1.44 bits per heavy atom. The van der Waals surface area contributed by atoms with E-state index in [4.69, 9.17) is 11.5 Å². The third kappa shape index (κ3) is 8.91. The van der Waals surface area contributed by atoms with E-state index in [9.17, 15) is 34.2 Å². The number of hydrogen-bond donors (Lipinski definition) is 8. The van der Waals surface area contributed by atoms with Gasteiger partial charge in [0.05, 0.1) is 19.1 Å². The Balaban J connectivity index is 2.91. The van der Waals surface area contributed by atoms with Crippen molar-refractivity contribution in [1.82, 2.24) is 16.0 Å². The minimum Gasteiger partial charge on any atom is -0.480 e. The van der Waals surface area contributed by atoms with Gasteiger partial charge in [-0.15, -0.1) is 0 Å². The molecule has 0 aliphatic heterocycles. The highest BCUT2D eigenvalue weighted by Crippen LogP contribution is 2.05. The first-order valence-corrected chi connectivity index (χ1v) is 10.2. The summed E-state index contributed by atoms with van der Waals surface area (Å²) < 4.78 is 0. The Bertz CT molecular complexity index is 824. The van der Waals surface area contributed by atoms with E-state index in [0.717, 1.165) is 0 Å². The number of benzene rings is 1. The van der Waals surface area contributed by atoms with Gasteiger partial charge in [-0.05, 0) is 5.56 Å². The molecule has 0 aliphatic rings. The first kappa shape index (κ1) is 26.9. The molecule has 1 aromatic carbocycles.